The molecule has 3 rings (SSSR count). The molecular weight excluding hydrogens is 1060 g/mol. The molecule has 0 bridgehead atoms. The van der Waals surface area contributed by atoms with Crippen LogP contribution in [-0.2, 0) is 33.2 Å². The Hall–Kier alpha value is -3.29. The van der Waals surface area contributed by atoms with Gasteiger partial charge in [0.1, 0.15) is 73.2 Å². The van der Waals surface area contributed by atoms with Crippen LogP contribution in [-0.4, -0.2) is 193 Å². The van der Waals surface area contributed by atoms with Crippen molar-refractivity contribution in [3.63, 3.8) is 0 Å². The van der Waals surface area contributed by atoms with Crippen LogP contribution in [0.1, 0.15) is 162 Å². The van der Waals surface area contributed by atoms with Crippen molar-refractivity contribution in [2.24, 2.45) is 0 Å². The molecular formula is C63H105NO18. The van der Waals surface area contributed by atoms with Crippen molar-refractivity contribution in [1.29, 1.82) is 0 Å². The minimum Gasteiger partial charge on any atom is -0.394 e. The average molecular weight is 1160 g/mol. The lowest BCUT2D eigenvalue weighted by Crippen LogP contribution is -2.66. The van der Waals surface area contributed by atoms with Gasteiger partial charge in [-0.3, -0.25) is 4.79 Å². The largest absolute Gasteiger partial charge is 0.394 e. The molecule has 0 aliphatic carbocycles. The van der Waals surface area contributed by atoms with Crippen molar-refractivity contribution in [3.8, 4) is 0 Å². The van der Waals surface area contributed by atoms with Gasteiger partial charge in [0, 0.05) is 6.42 Å². The molecule has 3 fully saturated rings. The first kappa shape index (κ1) is 73.0. The van der Waals surface area contributed by atoms with E-state index in [9.17, 15) is 61.0 Å². The van der Waals surface area contributed by atoms with E-state index in [1.807, 2.05) is 18.2 Å². The van der Waals surface area contributed by atoms with Crippen molar-refractivity contribution in [2.45, 2.75) is 266 Å². The van der Waals surface area contributed by atoms with E-state index in [0.717, 1.165) is 51.4 Å². The highest BCUT2D eigenvalue weighted by Gasteiger charge is 2.53. The summed E-state index contributed by atoms with van der Waals surface area (Å²) in [5, 5.41) is 120. The van der Waals surface area contributed by atoms with Gasteiger partial charge in [0.15, 0.2) is 18.9 Å². The number of carbonyl (C=O) groups excluding carboxylic acids is 1. The second kappa shape index (κ2) is 45.1. The summed E-state index contributed by atoms with van der Waals surface area (Å²) in [6.45, 7) is 1.51. The third-order valence-electron chi connectivity index (χ3n) is 14.6. The predicted molar refractivity (Wildman–Crippen MR) is 314 cm³/mol. The van der Waals surface area contributed by atoms with E-state index in [0.29, 0.717) is 19.3 Å². The molecule has 19 heteroatoms. The molecule has 12 N–H and O–H groups in total. The Morgan fingerprint density at radius 2 is 0.854 bits per heavy atom. The number of nitrogens with one attached hydrogen (secondary N) is 1. The SMILES string of the molecule is CC/C=C\C/C=C\C/C=C\C/C=C\C/C=C\C/C=C\CCC(=O)NC(COC1OC(CO)C(OC2OC(CO)C(OC3OC(CO)C(O)C(O)C3O)C(O)C2O)C(O)C1O)C(O)/C=C/CC/C=C/CCCCCCCCCCCCCC. The fourth-order valence-corrected chi connectivity index (χ4v) is 9.64. The summed E-state index contributed by atoms with van der Waals surface area (Å²) in [4.78, 5) is 13.3. The van der Waals surface area contributed by atoms with Gasteiger partial charge in [0.2, 0.25) is 5.91 Å². The van der Waals surface area contributed by atoms with Crippen LogP contribution in [0.4, 0.5) is 0 Å². The topological polar surface area (TPSA) is 307 Å². The number of carbonyl (C=O) groups is 1. The number of ether oxygens (including phenoxy) is 6. The van der Waals surface area contributed by atoms with Gasteiger partial charge < -0.3 is 89.9 Å². The molecule has 3 aliphatic rings. The van der Waals surface area contributed by atoms with Crippen molar-refractivity contribution in [1.82, 2.24) is 5.32 Å². The number of rotatable bonds is 43. The van der Waals surface area contributed by atoms with Crippen LogP contribution in [0.5, 0.6) is 0 Å². The van der Waals surface area contributed by atoms with E-state index in [-0.39, 0.29) is 12.3 Å². The van der Waals surface area contributed by atoms with Crippen LogP contribution < -0.4 is 5.32 Å². The summed E-state index contributed by atoms with van der Waals surface area (Å²) < 4.78 is 34.2. The molecule has 0 saturated carbocycles. The second-order valence-corrected chi connectivity index (χ2v) is 21.4. The van der Waals surface area contributed by atoms with Crippen molar-refractivity contribution >= 4 is 5.91 Å². The molecule has 1 amide bonds. The summed E-state index contributed by atoms with van der Waals surface area (Å²) >= 11 is 0. The van der Waals surface area contributed by atoms with Gasteiger partial charge in [0.25, 0.3) is 0 Å². The predicted octanol–water partition coefficient (Wildman–Crippen LogP) is 5.76. The number of allylic oxidation sites excluding steroid dienone is 15. The van der Waals surface area contributed by atoms with Crippen LogP contribution >= 0.6 is 0 Å². The Morgan fingerprint density at radius 1 is 0.451 bits per heavy atom. The summed E-state index contributed by atoms with van der Waals surface area (Å²) in [5.41, 5.74) is 0. The molecule has 0 aromatic carbocycles. The van der Waals surface area contributed by atoms with Crippen LogP contribution in [0.25, 0.3) is 0 Å². The van der Waals surface area contributed by atoms with Crippen molar-refractivity contribution in [3.05, 3.63) is 97.2 Å². The molecule has 0 radical (unpaired) electrons. The zero-order chi connectivity index (χ0) is 59.7. The summed E-state index contributed by atoms with van der Waals surface area (Å²) in [5.74, 6) is -0.372. The standard InChI is InChI=1S/C63H105NO18/c1-3-5-7-9-11-13-15-17-19-21-23-25-27-29-31-33-35-37-39-41-51(69)64-46(47(68)40-38-36-34-32-30-28-26-24-22-20-18-16-14-12-10-8-6-4-2)45-77-61-57(75)54(72)59(49(43-66)79-61)82-63-58(76)55(73)60(50(44-67)80-63)81-62-56(74)53(71)52(70)48(42-65)78-62/h5,7,11,13,17,19,23,25,29-32,35,37-38,40,46-50,52-63,65-68,70-76H,3-4,6,8-10,12,14-16,18,20-22,24,26-28,33-34,36,39,41-45H2,1-2H3,(H,64,69)/b7-5-,13-11-,19-17-,25-23-,31-29-,32-30+,37-35-,40-38+. The van der Waals surface area contributed by atoms with Gasteiger partial charge in [-0.1, -0.05) is 182 Å². The first-order valence-electron chi connectivity index (χ1n) is 30.5. The van der Waals surface area contributed by atoms with Gasteiger partial charge >= 0.3 is 0 Å². The van der Waals surface area contributed by atoms with Gasteiger partial charge in [-0.15, -0.1) is 0 Å². The fraction of sp³-hybridized carbons (Fsp3) is 0.730. The van der Waals surface area contributed by atoms with E-state index in [1.54, 1.807) is 6.08 Å². The number of hydrogen-bond acceptors (Lipinski definition) is 18. The molecule has 19 nitrogen and oxygen atoms in total. The molecule has 3 aliphatic heterocycles. The number of aliphatic hydroxyl groups is 11. The molecule has 17 atom stereocenters. The van der Waals surface area contributed by atoms with Gasteiger partial charge in [-0.2, -0.15) is 0 Å². The number of amides is 1. The van der Waals surface area contributed by atoms with Gasteiger partial charge in [0.05, 0.1) is 38.6 Å². The van der Waals surface area contributed by atoms with E-state index >= 15 is 0 Å². The van der Waals surface area contributed by atoms with Crippen LogP contribution in [0.15, 0.2) is 97.2 Å². The van der Waals surface area contributed by atoms with Crippen LogP contribution in [0.3, 0.4) is 0 Å². The lowest BCUT2D eigenvalue weighted by molar-refractivity contribution is -0.379. The molecule has 82 heavy (non-hydrogen) atoms. The molecule has 3 heterocycles. The zero-order valence-corrected chi connectivity index (χ0v) is 48.9. The summed E-state index contributed by atoms with van der Waals surface area (Å²) in [6, 6.07) is -1.04. The first-order chi connectivity index (χ1) is 39.8. The normalized spacial score (nSPS) is 30.3. The highest BCUT2D eigenvalue weighted by molar-refractivity contribution is 5.76. The molecule has 0 aromatic heterocycles. The highest BCUT2D eigenvalue weighted by Crippen LogP contribution is 2.33. The third-order valence-corrected chi connectivity index (χ3v) is 14.6. The molecule has 0 spiro atoms. The maximum Gasteiger partial charge on any atom is 0.220 e. The molecule has 470 valence electrons. The first-order valence-corrected chi connectivity index (χ1v) is 30.5. The van der Waals surface area contributed by atoms with E-state index < -0.39 is 131 Å². The lowest BCUT2D eigenvalue weighted by atomic mass is 9.96. The lowest BCUT2D eigenvalue weighted by Gasteiger charge is -2.48. The number of unbranched alkanes of at least 4 members (excludes halogenated alkanes) is 13. The van der Waals surface area contributed by atoms with Crippen LogP contribution in [0, 0.1) is 0 Å². The average Bonchev–Trinajstić information content (AvgIpc) is 3.39. The van der Waals surface area contributed by atoms with Gasteiger partial charge in [-0.25, -0.2) is 0 Å². The quantitative estimate of drug-likeness (QED) is 0.0255. The Bertz CT molecular complexity index is 1870. The molecule has 3 saturated heterocycles. The van der Waals surface area contributed by atoms with Crippen molar-refractivity contribution < 1.29 is 89.4 Å². The fourth-order valence-electron chi connectivity index (χ4n) is 9.64. The highest BCUT2D eigenvalue weighted by atomic mass is 16.8. The Morgan fingerprint density at radius 3 is 1.35 bits per heavy atom. The number of hydrogen-bond donors (Lipinski definition) is 12. The van der Waals surface area contributed by atoms with E-state index in [2.05, 4.69) is 92.1 Å². The molecule has 17 unspecified atom stereocenters. The third kappa shape index (κ3) is 28.3. The van der Waals surface area contributed by atoms with Crippen LogP contribution in [0.2, 0.25) is 0 Å². The monoisotopic (exact) mass is 1160 g/mol. The maximum absolute atomic E-state index is 13.3. The summed E-state index contributed by atoms with van der Waals surface area (Å²) in [7, 11) is 0. The van der Waals surface area contributed by atoms with E-state index in [4.69, 9.17) is 28.4 Å². The van der Waals surface area contributed by atoms with Crippen molar-refractivity contribution in [2.75, 3.05) is 26.4 Å². The smallest absolute Gasteiger partial charge is 0.220 e. The minimum absolute atomic E-state index is 0.105. The number of aliphatic hydroxyl groups excluding tert-OH is 11. The summed E-state index contributed by atoms with van der Waals surface area (Å²) in [6.07, 6.45) is 29.7. The van der Waals surface area contributed by atoms with E-state index in [1.165, 1.54) is 70.6 Å². The maximum atomic E-state index is 13.3. The zero-order valence-electron chi connectivity index (χ0n) is 48.9. The molecule has 0 aromatic rings. The Labute approximate surface area is 488 Å². The minimum atomic E-state index is -1.99. The van der Waals surface area contributed by atoms with Gasteiger partial charge in [-0.05, 0) is 70.6 Å². The Balaban J connectivity index is 1.54. The second-order valence-electron chi connectivity index (χ2n) is 21.4. The Kier molecular flexibility index (Phi) is 40.1.